The summed E-state index contributed by atoms with van der Waals surface area (Å²) in [7, 11) is 1.73. The maximum Gasteiger partial charge on any atom is 0.251 e. The molecule has 3 heterocycles. The zero-order valence-electron chi connectivity index (χ0n) is 21.8. The van der Waals surface area contributed by atoms with Gasteiger partial charge in [0.25, 0.3) is 5.91 Å². The molecule has 3 fully saturated rings. The fourth-order valence-electron chi connectivity index (χ4n) is 6.62. The number of aliphatic hydroxyl groups is 1. The van der Waals surface area contributed by atoms with Crippen molar-refractivity contribution < 1.29 is 19.5 Å². The van der Waals surface area contributed by atoms with Crippen LogP contribution < -0.4 is 4.90 Å². The minimum Gasteiger partial charge on any atom is -0.396 e. The molecule has 3 aliphatic rings. The number of likely N-dealkylation sites (N-methyl/N-ethyl adjacent to an activating group) is 1. The van der Waals surface area contributed by atoms with Gasteiger partial charge in [-0.2, -0.15) is 0 Å². The Labute approximate surface area is 228 Å². The number of anilines is 1. The van der Waals surface area contributed by atoms with Crippen molar-refractivity contribution in [1.82, 2.24) is 9.80 Å². The van der Waals surface area contributed by atoms with Crippen molar-refractivity contribution in [2.24, 2.45) is 11.8 Å². The summed E-state index contributed by atoms with van der Waals surface area (Å²) in [6.07, 6.45) is 5.08. The van der Waals surface area contributed by atoms with E-state index < -0.39 is 27.4 Å². The van der Waals surface area contributed by atoms with Crippen molar-refractivity contribution in [2.45, 2.75) is 48.6 Å². The molecule has 4 rings (SSSR count). The summed E-state index contributed by atoms with van der Waals surface area (Å²) in [5.41, 5.74) is 1.45. The van der Waals surface area contributed by atoms with Gasteiger partial charge >= 0.3 is 0 Å². The van der Waals surface area contributed by atoms with Gasteiger partial charge in [0, 0.05) is 38.0 Å². The molecule has 0 radical (unpaired) electrons. The zero-order valence-corrected chi connectivity index (χ0v) is 23.4. The molecule has 3 aliphatic heterocycles. The molecule has 200 valence electrons. The van der Waals surface area contributed by atoms with E-state index in [0.29, 0.717) is 30.1 Å². The van der Waals surface area contributed by atoms with Gasteiger partial charge in [0.2, 0.25) is 11.8 Å². The van der Waals surface area contributed by atoms with Crippen LogP contribution in [0.1, 0.15) is 31.7 Å². The highest BCUT2D eigenvalue weighted by Gasteiger charge is 2.77. The van der Waals surface area contributed by atoms with Crippen molar-refractivity contribution in [3.63, 3.8) is 0 Å². The van der Waals surface area contributed by atoms with Crippen LogP contribution in [-0.4, -0.2) is 81.5 Å². The van der Waals surface area contributed by atoms with Gasteiger partial charge in [-0.3, -0.25) is 14.4 Å². The highest BCUT2D eigenvalue weighted by Crippen LogP contribution is 2.71. The molecule has 1 N–H and O–H groups in total. The van der Waals surface area contributed by atoms with Crippen molar-refractivity contribution in [2.75, 3.05) is 38.2 Å². The van der Waals surface area contributed by atoms with Gasteiger partial charge in [0.15, 0.2) is 0 Å². The van der Waals surface area contributed by atoms with Crippen LogP contribution in [-0.2, 0) is 14.4 Å². The molecular formula is C28H36ClN3O4S. The largest absolute Gasteiger partial charge is 0.396 e. The topological polar surface area (TPSA) is 81.2 Å². The summed E-state index contributed by atoms with van der Waals surface area (Å²) in [6.45, 7) is 12.3. The zero-order chi connectivity index (χ0) is 27.1. The number of carbonyl (C=O) groups is 3. The Bertz CT molecular complexity index is 1110. The van der Waals surface area contributed by atoms with Gasteiger partial charge in [0.05, 0.1) is 27.3 Å². The highest BCUT2D eigenvalue weighted by molar-refractivity contribution is 8.02. The third-order valence-electron chi connectivity index (χ3n) is 8.15. The lowest BCUT2D eigenvalue weighted by Crippen LogP contribution is -2.55. The van der Waals surface area contributed by atoms with E-state index in [1.165, 1.54) is 0 Å². The van der Waals surface area contributed by atoms with E-state index in [2.05, 4.69) is 20.1 Å². The van der Waals surface area contributed by atoms with Crippen LogP contribution in [0.4, 0.5) is 5.69 Å². The fraction of sp³-hybridized carbons (Fsp3) is 0.536. The second-order valence-corrected chi connectivity index (χ2v) is 12.8. The molecule has 37 heavy (non-hydrogen) atoms. The fourth-order valence-corrected chi connectivity index (χ4v) is 9.28. The molecule has 0 aliphatic carbocycles. The Morgan fingerprint density at radius 2 is 1.95 bits per heavy atom. The highest BCUT2D eigenvalue weighted by atomic mass is 35.5. The van der Waals surface area contributed by atoms with Crippen LogP contribution in [0.5, 0.6) is 0 Å². The minimum atomic E-state index is -0.776. The SMILES string of the molecule is C=CCN(C)C(=O)[C@H]1[C@H]2C(=O)N(CCCO)C(C(=O)N(CC=C)c3c(C)cccc3Cl)C23CC[C@]1(C)S3. The Kier molecular flexibility index (Phi) is 7.84. The molecule has 1 aromatic carbocycles. The molecule has 0 aromatic heterocycles. The summed E-state index contributed by atoms with van der Waals surface area (Å²) in [5.74, 6) is -1.64. The minimum absolute atomic E-state index is 0.0880. The number of nitrogens with zero attached hydrogens (tertiary/aromatic N) is 3. The summed E-state index contributed by atoms with van der Waals surface area (Å²) >= 11 is 8.23. The van der Waals surface area contributed by atoms with Crippen molar-refractivity contribution in [3.05, 3.63) is 54.1 Å². The van der Waals surface area contributed by atoms with Gasteiger partial charge in [-0.25, -0.2) is 0 Å². The maximum absolute atomic E-state index is 14.5. The number of likely N-dealkylation sites (tertiary alicyclic amines) is 1. The molecule has 1 aromatic rings. The van der Waals surface area contributed by atoms with Gasteiger partial charge in [-0.15, -0.1) is 24.9 Å². The van der Waals surface area contributed by atoms with Gasteiger partial charge in [-0.05, 0) is 44.7 Å². The summed E-state index contributed by atoms with van der Waals surface area (Å²) in [5, 5.41) is 10.0. The number of aryl methyl sites for hydroxylation is 1. The second kappa shape index (κ2) is 10.5. The molecule has 5 atom stereocenters. The average molecular weight is 546 g/mol. The molecule has 7 nitrogen and oxygen atoms in total. The molecule has 0 saturated carbocycles. The Morgan fingerprint density at radius 3 is 2.57 bits per heavy atom. The molecule has 3 saturated heterocycles. The van der Waals surface area contributed by atoms with Crippen LogP contribution in [0.25, 0.3) is 0 Å². The number of hydrogen-bond donors (Lipinski definition) is 1. The lowest BCUT2D eigenvalue weighted by atomic mass is 9.66. The number of halogens is 1. The number of hydrogen-bond acceptors (Lipinski definition) is 5. The number of para-hydroxylation sites is 1. The van der Waals surface area contributed by atoms with E-state index in [0.717, 1.165) is 12.0 Å². The van der Waals surface area contributed by atoms with Crippen molar-refractivity contribution >= 4 is 46.8 Å². The van der Waals surface area contributed by atoms with Gasteiger partial charge in [0.1, 0.15) is 6.04 Å². The molecule has 3 amide bonds. The molecular weight excluding hydrogens is 510 g/mol. The number of fused-ring (bicyclic) bond motifs is 1. The summed E-state index contributed by atoms with van der Waals surface area (Å²) < 4.78 is -1.18. The summed E-state index contributed by atoms with van der Waals surface area (Å²) in [6, 6.07) is 4.71. The molecule has 9 heteroatoms. The quantitative estimate of drug-likeness (QED) is 0.454. The van der Waals surface area contributed by atoms with Crippen LogP contribution in [0.2, 0.25) is 5.02 Å². The van der Waals surface area contributed by atoms with Crippen LogP contribution in [0.3, 0.4) is 0 Å². The third-order valence-corrected chi connectivity index (χ3v) is 10.4. The predicted octanol–water partition coefficient (Wildman–Crippen LogP) is 3.68. The van der Waals surface area contributed by atoms with E-state index in [1.54, 1.807) is 51.7 Å². The first-order valence-electron chi connectivity index (χ1n) is 12.7. The number of rotatable bonds is 10. The number of amides is 3. The number of thioether (sulfide) groups is 1. The van der Waals surface area contributed by atoms with Crippen LogP contribution in [0.15, 0.2) is 43.5 Å². The van der Waals surface area contributed by atoms with Gasteiger partial charge in [-0.1, -0.05) is 35.9 Å². The molecule has 1 spiro atoms. The first-order valence-corrected chi connectivity index (χ1v) is 13.9. The summed E-state index contributed by atoms with van der Waals surface area (Å²) in [4.78, 5) is 47.2. The third kappa shape index (κ3) is 4.31. The Morgan fingerprint density at radius 1 is 1.24 bits per heavy atom. The predicted molar refractivity (Wildman–Crippen MR) is 149 cm³/mol. The second-order valence-electron chi connectivity index (χ2n) is 10.5. The standard InChI is InChI=1S/C28H36ClN3O4S/c1-6-14-30(5)24(34)20-21-25(35)32(16-9-17-33)23(28(21)13-12-27(20,4)37-28)26(36)31(15-7-2)22-18(3)10-8-11-19(22)29/h6-8,10-11,20-21,23,33H,1-2,9,12-17H2,3-5H3/t20-,21+,23?,27+,28?/m1/s1. The normalized spacial score (nSPS) is 29.8. The van der Waals surface area contributed by atoms with Crippen LogP contribution >= 0.6 is 23.4 Å². The maximum atomic E-state index is 14.5. The Balaban J connectivity index is 1.83. The van der Waals surface area contributed by atoms with E-state index in [-0.39, 0.29) is 37.4 Å². The number of aliphatic hydroxyl groups excluding tert-OH is 1. The van der Waals surface area contributed by atoms with Crippen LogP contribution in [0, 0.1) is 18.8 Å². The van der Waals surface area contributed by atoms with E-state index in [9.17, 15) is 19.5 Å². The van der Waals surface area contributed by atoms with E-state index >= 15 is 0 Å². The smallest absolute Gasteiger partial charge is 0.251 e. The average Bonchev–Trinajstić information content (AvgIpc) is 3.42. The number of benzene rings is 1. The Hall–Kier alpha value is -2.29. The molecule has 2 unspecified atom stereocenters. The van der Waals surface area contributed by atoms with E-state index in [4.69, 9.17) is 11.6 Å². The first-order chi connectivity index (χ1) is 17.6. The lowest BCUT2D eigenvalue weighted by molar-refractivity contribution is -0.144. The van der Waals surface area contributed by atoms with E-state index in [1.807, 2.05) is 19.1 Å². The van der Waals surface area contributed by atoms with Crippen molar-refractivity contribution in [1.29, 1.82) is 0 Å². The lowest BCUT2D eigenvalue weighted by Gasteiger charge is -2.38. The monoisotopic (exact) mass is 545 g/mol. The first kappa shape index (κ1) is 27.7. The van der Waals surface area contributed by atoms with Crippen molar-refractivity contribution in [3.8, 4) is 0 Å². The molecule has 2 bridgehead atoms. The number of carbonyl (C=O) groups excluding carboxylic acids is 3. The van der Waals surface area contributed by atoms with Gasteiger partial charge < -0.3 is 19.8 Å².